The summed E-state index contributed by atoms with van der Waals surface area (Å²) in [5.41, 5.74) is 4.51. The minimum Gasteiger partial charge on any atom is -0.497 e. The second kappa shape index (κ2) is 8.41. The Hall–Kier alpha value is -3.32. The number of piperazine rings is 1. The molecule has 3 aliphatic heterocycles. The molecule has 3 aromatic carbocycles. The molecule has 0 unspecified atom stereocenters. The number of methoxy groups -OCH3 is 1. The predicted molar refractivity (Wildman–Crippen MR) is 144 cm³/mol. The number of carbonyl (C=O) groups excluding carboxylic acids is 1. The summed E-state index contributed by atoms with van der Waals surface area (Å²) in [6, 6.07) is 24.4. The maximum absolute atomic E-state index is 14.3. The lowest BCUT2D eigenvalue weighted by Gasteiger charge is -2.53. The average molecular weight is 531 g/mol. The maximum atomic E-state index is 14.3. The molecule has 0 radical (unpaired) electrons. The van der Waals surface area contributed by atoms with E-state index in [1.54, 1.807) is 12.1 Å². The van der Waals surface area contributed by atoms with Gasteiger partial charge in [0.05, 0.1) is 24.6 Å². The Morgan fingerprint density at radius 3 is 2.51 bits per heavy atom. The van der Waals surface area contributed by atoms with Crippen LogP contribution in [0.25, 0.3) is 0 Å². The van der Waals surface area contributed by atoms with Crippen LogP contribution < -0.4 is 19.5 Å². The fourth-order valence-electron chi connectivity index (χ4n) is 5.87. The number of ether oxygens (including phenoxy) is 1. The molecule has 3 aromatic rings. The van der Waals surface area contributed by atoms with Crippen LogP contribution in [0, 0.1) is 5.41 Å². The molecule has 0 aromatic heterocycles. The topological polar surface area (TPSA) is 48.4 Å². The normalized spacial score (nSPS) is 23.3. The minimum absolute atomic E-state index is 0.0306. The van der Waals surface area contributed by atoms with Gasteiger partial charge in [-0.15, -0.1) is 0 Å². The van der Waals surface area contributed by atoms with E-state index in [1.807, 2.05) is 49.4 Å². The first-order valence-electron chi connectivity index (χ1n) is 11.9. The van der Waals surface area contributed by atoms with Crippen molar-refractivity contribution in [3.05, 3.63) is 82.8 Å². The van der Waals surface area contributed by atoms with Crippen LogP contribution >= 0.6 is 15.9 Å². The number of rotatable bonds is 3. The maximum Gasteiger partial charge on any atom is 0.261 e. The number of hydrogen-bond donors (Lipinski definition) is 0. The van der Waals surface area contributed by atoms with Crippen molar-refractivity contribution in [1.82, 2.24) is 0 Å². The molecule has 0 saturated carbocycles. The summed E-state index contributed by atoms with van der Waals surface area (Å²) < 4.78 is 6.38. The number of carbonyl (C=O) groups is 1. The number of para-hydroxylation sites is 1. The summed E-state index contributed by atoms with van der Waals surface area (Å²) in [4.78, 5) is 19.1. The Labute approximate surface area is 213 Å². The summed E-state index contributed by atoms with van der Waals surface area (Å²) in [6.45, 7) is 4.47. The standard InChI is InChI=1S/C28H27BrN4O2/c1-19-28(27(34)33(30-19)23-6-4-3-5-7-23)17-20-16-21(29)8-13-25(20)32-15-14-31(18-26(28)32)22-9-11-24(35-2)12-10-22/h3-13,16,26H,14-15,17-18H2,1-2H3/t26-,28-/m0/s1. The molecule has 1 amide bonds. The highest BCUT2D eigenvalue weighted by Crippen LogP contribution is 2.49. The lowest BCUT2D eigenvalue weighted by Crippen LogP contribution is -2.67. The van der Waals surface area contributed by atoms with E-state index in [4.69, 9.17) is 9.84 Å². The van der Waals surface area contributed by atoms with Gasteiger partial charge in [-0.1, -0.05) is 34.1 Å². The van der Waals surface area contributed by atoms with Crippen LogP contribution in [-0.4, -0.2) is 44.4 Å². The molecule has 7 heteroatoms. The van der Waals surface area contributed by atoms with Gasteiger partial charge in [0.15, 0.2) is 0 Å². The van der Waals surface area contributed by atoms with Gasteiger partial charge in [0, 0.05) is 35.5 Å². The van der Waals surface area contributed by atoms with Crippen molar-refractivity contribution in [3.63, 3.8) is 0 Å². The van der Waals surface area contributed by atoms with Crippen molar-refractivity contribution in [3.8, 4) is 5.75 Å². The molecule has 6 rings (SSSR count). The van der Waals surface area contributed by atoms with Crippen molar-refractivity contribution in [1.29, 1.82) is 0 Å². The van der Waals surface area contributed by atoms with Gasteiger partial charge in [-0.2, -0.15) is 10.1 Å². The second-order valence-corrected chi connectivity index (χ2v) is 10.3. The number of hydrazone groups is 1. The fourth-order valence-corrected chi connectivity index (χ4v) is 6.28. The Kier molecular flexibility index (Phi) is 5.33. The molecule has 1 fully saturated rings. The molecule has 35 heavy (non-hydrogen) atoms. The van der Waals surface area contributed by atoms with Gasteiger partial charge in [-0.05, 0) is 73.5 Å². The number of amides is 1. The number of nitrogens with zero attached hydrogens (tertiary/aromatic N) is 4. The van der Waals surface area contributed by atoms with Crippen LogP contribution in [0.2, 0.25) is 0 Å². The summed E-state index contributed by atoms with van der Waals surface area (Å²) >= 11 is 3.64. The summed E-state index contributed by atoms with van der Waals surface area (Å²) in [5.74, 6) is 0.895. The van der Waals surface area contributed by atoms with Crippen molar-refractivity contribution in [2.45, 2.75) is 19.4 Å². The van der Waals surface area contributed by atoms with Crippen LogP contribution in [0.3, 0.4) is 0 Å². The first kappa shape index (κ1) is 22.2. The molecule has 1 saturated heterocycles. The van der Waals surface area contributed by atoms with Crippen LogP contribution in [0.15, 0.2) is 82.4 Å². The van der Waals surface area contributed by atoms with Gasteiger partial charge < -0.3 is 14.5 Å². The van der Waals surface area contributed by atoms with Crippen LogP contribution in [0.4, 0.5) is 17.1 Å². The van der Waals surface area contributed by atoms with Gasteiger partial charge in [0.25, 0.3) is 5.91 Å². The first-order chi connectivity index (χ1) is 17.0. The van der Waals surface area contributed by atoms with Gasteiger partial charge in [-0.25, -0.2) is 0 Å². The molecule has 0 bridgehead atoms. The number of fused-ring (bicyclic) bond motifs is 4. The Bertz CT molecular complexity index is 1310. The van der Waals surface area contributed by atoms with Crippen molar-refractivity contribution in [2.75, 3.05) is 41.6 Å². The SMILES string of the molecule is COc1ccc(N2CCN3c4ccc(Br)cc4C[C@@]4(C(=O)N(c5ccccc5)N=C4C)[C@@H]3C2)cc1. The van der Waals surface area contributed by atoms with E-state index in [2.05, 4.69) is 56.1 Å². The van der Waals surface area contributed by atoms with Crippen molar-refractivity contribution in [2.24, 2.45) is 10.5 Å². The van der Waals surface area contributed by atoms with Crippen LogP contribution in [0.5, 0.6) is 5.75 Å². The highest BCUT2D eigenvalue weighted by Gasteiger charge is 2.60. The van der Waals surface area contributed by atoms with Gasteiger partial charge in [0.2, 0.25) is 0 Å². The predicted octanol–water partition coefficient (Wildman–Crippen LogP) is 5.12. The zero-order valence-corrected chi connectivity index (χ0v) is 21.4. The van der Waals surface area contributed by atoms with E-state index in [-0.39, 0.29) is 11.9 Å². The van der Waals surface area contributed by atoms with E-state index in [9.17, 15) is 4.79 Å². The second-order valence-electron chi connectivity index (χ2n) is 9.41. The Balaban J connectivity index is 1.44. The fraction of sp³-hybridized carbons (Fsp3) is 0.286. The highest BCUT2D eigenvalue weighted by molar-refractivity contribution is 9.10. The minimum atomic E-state index is -0.727. The third-order valence-electron chi connectivity index (χ3n) is 7.68. The molecule has 0 aliphatic carbocycles. The molecule has 0 N–H and O–H groups in total. The van der Waals surface area contributed by atoms with Gasteiger partial charge in [0.1, 0.15) is 11.2 Å². The largest absolute Gasteiger partial charge is 0.497 e. The van der Waals surface area contributed by atoms with E-state index >= 15 is 0 Å². The summed E-state index contributed by atoms with van der Waals surface area (Å²) in [5, 5.41) is 6.46. The molecule has 178 valence electrons. The zero-order chi connectivity index (χ0) is 24.2. The Morgan fingerprint density at radius 1 is 1.00 bits per heavy atom. The van der Waals surface area contributed by atoms with E-state index in [0.717, 1.165) is 46.9 Å². The third kappa shape index (κ3) is 3.44. The molecular formula is C28H27BrN4O2. The van der Waals surface area contributed by atoms with E-state index in [1.165, 1.54) is 11.3 Å². The lowest BCUT2D eigenvalue weighted by atomic mass is 9.67. The summed E-state index contributed by atoms with van der Waals surface area (Å²) in [6.07, 6.45) is 0.636. The van der Waals surface area contributed by atoms with Gasteiger partial charge >= 0.3 is 0 Å². The molecule has 3 heterocycles. The van der Waals surface area contributed by atoms with Crippen molar-refractivity contribution < 1.29 is 9.53 Å². The molecule has 2 atom stereocenters. The number of benzene rings is 3. The smallest absolute Gasteiger partial charge is 0.261 e. The molecular weight excluding hydrogens is 504 g/mol. The molecule has 3 aliphatic rings. The molecule has 1 spiro atoms. The zero-order valence-electron chi connectivity index (χ0n) is 19.8. The quantitative estimate of drug-likeness (QED) is 0.471. The molecule has 6 nitrogen and oxygen atoms in total. The number of hydrogen-bond acceptors (Lipinski definition) is 5. The average Bonchev–Trinajstić information content (AvgIpc) is 3.14. The Morgan fingerprint density at radius 2 is 1.77 bits per heavy atom. The number of halogens is 1. The highest BCUT2D eigenvalue weighted by atomic mass is 79.9. The third-order valence-corrected chi connectivity index (χ3v) is 8.17. The van der Waals surface area contributed by atoms with Gasteiger partial charge in [-0.3, -0.25) is 4.79 Å². The van der Waals surface area contributed by atoms with E-state index < -0.39 is 5.41 Å². The van der Waals surface area contributed by atoms with Crippen LogP contribution in [-0.2, 0) is 11.2 Å². The monoisotopic (exact) mass is 530 g/mol. The lowest BCUT2D eigenvalue weighted by molar-refractivity contribution is -0.125. The summed E-state index contributed by atoms with van der Waals surface area (Å²) in [7, 11) is 1.68. The van der Waals surface area contributed by atoms with Crippen molar-refractivity contribution >= 4 is 44.6 Å². The first-order valence-corrected chi connectivity index (χ1v) is 12.7. The number of anilines is 3. The van der Waals surface area contributed by atoms with E-state index in [0.29, 0.717) is 6.42 Å². The van der Waals surface area contributed by atoms with Crippen LogP contribution in [0.1, 0.15) is 12.5 Å².